The molecule has 0 spiro atoms. The number of methoxy groups -OCH3 is 1. The Bertz CT molecular complexity index is 728. The number of fused-ring (bicyclic) bond motifs is 1. The smallest absolute Gasteiger partial charge is 0.337 e. The third-order valence-electron chi connectivity index (χ3n) is 3.86. The first kappa shape index (κ1) is 15.1. The van der Waals surface area contributed by atoms with Crippen molar-refractivity contribution in [1.29, 1.82) is 0 Å². The number of carbonyl (C=O) groups is 2. The fraction of sp³-hybridized carbons (Fsp3) is 0.222. The van der Waals surface area contributed by atoms with Gasteiger partial charge in [-0.1, -0.05) is 30.3 Å². The van der Waals surface area contributed by atoms with Crippen LogP contribution in [0.5, 0.6) is 0 Å². The van der Waals surface area contributed by atoms with E-state index in [1.807, 2.05) is 24.3 Å². The van der Waals surface area contributed by atoms with Gasteiger partial charge < -0.3 is 15.0 Å². The molecule has 0 unspecified atom stereocenters. The number of esters is 1. The van der Waals surface area contributed by atoms with Gasteiger partial charge in [-0.05, 0) is 23.8 Å². The highest BCUT2D eigenvalue weighted by atomic mass is 16.5. The average molecular weight is 310 g/mol. The summed E-state index contributed by atoms with van der Waals surface area (Å²) in [6.45, 7) is 1.34. The molecule has 0 bridgehead atoms. The predicted octanol–water partition coefficient (Wildman–Crippen LogP) is 2.82. The van der Waals surface area contributed by atoms with Crippen LogP contribution in [0.4, 0.5) is 11.4 Å². The van der Waals surface area contributed by atoms with E-state index in [0.717, 1.165) is 5.69 Å². The normalized spacial score (nSPS) is 13.8. The number of anilines is 2. The van der Waals surface area contributed by atoms with Gasteiger partial charge >= 0.3 is 5.97 Å². The maximum Gasteiger partial charge on any atom is 0.337 e. The van der Waals surface area contributed by atoms with Crippen molar-refractivity contribution in [3.05, 3.63) is 59.7 Å². The van der Waals surface area contributed by atoms with Crippen LogP contribution in [-0.4, -0.2) is 25.5 Å². The largest absolute Gasteiger partial charge is 0.465 e. The van der Waals surface area contributed by atoms with Gasteiger partial charge in [-0.25, -0.2) is 4.79 Å². The molecule has 0 atom stereocenters. The number of benzene rings is 2. The van der Waals surface area contributed by atoms with Crippen LogP contribution in [-0.2, 0) is 16.1 Å². The van der Waals surface area contributed by atoms with Crippen LogP contribution in [0.25, 0.3) is 0 Å². The molecule has 0 fully saturated rings. The van der Waals surface area contributed by atoms with Crippen molar-refractivity contribution in [2.45, 2.75) is 13.0 Å². The van der Waals surface area contributed by atoms with Gasteiger partial charge in [0.15, 0.2) is 0 Å². The molecule has 5 nitrogen and oxygen atoms in total. The van der Waals surface area contributed by atoms with Crippen molar-refractivity contribution < 1.29 is 14.3 Å². The van der Waals surface area contributed by atoms with Crippen LogP contribution >= 0.6 is 0 Å². The van der Waals surface area contributed by atoms with Crippen LogP contribution in [0.15, 0.2) is 48.5 Å². The van der Waals surface area contributed by atoms with Crippen molar-refractivity contribution in [2.75, 3.05) is 23.9 Å². The summed E-state index contributed by atoms with van der Waals surface area (Å²) in [6, 6.07) is 15.3. The molecule has 23 heavy (non-hydrogen) atoms. The minimum atomic E-state index is -0.416. The van der Waals surface area contributed by atoms with Gasteiger partial charge in [-0.2, -0.15) is 0 Å². The average Bonchev–Trinajstić information content (AvgIpc) is 2.73. The molecular weight excluding hydrogens is 292 g/mol. The van der Waals surface area contributed by atoms with Gasteiger partial charge in [-0.15, -0.1) is 0 Å². The summed E-state index contributed by atoms with van der Waals surface area (Å²) in [5, 5.41) is 2.87. The molecule has 2 aromatic rings. The summed E-state index contributed by atoms with van der Waals surface area (Å²) in [4.78, 5) is 25.8. The van der Waals surface area contributed by atoms with E-state index < -0.39 is 5.97 Å². The summed E-state index contributed by atoms with van der Waals surface area (Å²) in [5.41, 5.74) is 3.15. The number of amides is 1. The maximum absolute atomic E-state index is 11.9. The second-order valence-electron chi connectivity index (χ2n) is 5.43. The first-order valence-corrected chi connectivity index (χ1v) is 7.48. The molecule has 118 valence electrons. The van der Waals surface area contributed by atoms with Gasteiger partial charge in [0.2, 0.25) is 5.91 Å². The Morgan fingerprint density at radius 1 is 1.22 bits per heavy atom. The SMILES string of the molecule is COC(=O)c1ccc2c(c1)NC(=O)CCN2Cc1ccccc1. The molecule has 0 aromatic heterocycles. The lowest BCUT2D eigenvalue weighted by Crippen LogP contribution is -2.24. The molecule has 3 rings (SSSR count). The van der Waals surface area contributed by atoms with E-state index in [4.69, 9.17) is 4.74 Å². The Labute approximate surface area is 134 Å². The number of rotatable bonds is 3. The standard InChI is InChI=1S/C18H18N2O3/c1-23-18(22)14-7-8-16-15(11-14)19-17(21)9-10-20(16)12-13-5-3-2-4-6-13/h2-8,11H,9-10,12H2,1H3,(H,19,21). The van der Waals surface area contributed by atoms with Crippen LogP contribution in [0, 0.1) is 0 Å². The molecule has 2 aromatic carbocycles. The lowest BCUT2D eigenvalue weighted by Gasteiger charge is -2.24. The zero-order valence-corrected chi connectivity index (χ0v) is 12.9. The Balaban J connectivity index is 1.95. The quantitative estimate of drug-likeness (QED) is 0.886. The highest BCUT2D eigenvalue weighted by molar-refractivity contribution is 5.99. The summed E-state index contributed by atoms with van der Waals surface area (Å²) in [7, 11) is 1.34. The third-order valence-corrected chi connectivity index (χ3v) is 3.86. The number of nitrogens with zero attached hydrogens (tertiary/aromatic N) is 1. The maximum atomic E-state index is 11.9. The van der Waals surface area contributed by atoms with E-state index in [2.05, 4.69) is 22.3 Å². The van der Waals surface area contributed by atoms with Gasteiger partial charge in [0.05, 0.1) is 24.0 Å². The fourth-order valence-electron chi connectivity index (χ4n) is 2.69. The molecule has 1 aliphatic heterocycles. The molecule has 0 saturated heterocycles. The summed E-state index contributed by atoms with van der Waals surface area (Å²) in [5.74, 6) is -0.468. The van der Waals surface area contributed by atoms with Gasteiger partial charge in [-0.3, -0.25) is 4.79 Å². The molecule has 1 N–H and O–H groups in total. The first-order valence-electron chi connectivity index (χ1n) is 7.48. The zero-order valence-electron chi connectivity index (χ0n) is 12.9. The molecule has 0 saturated carbocycles. The van der Waals surface area contributed by atoms with E-state index in [9.17, 15) is 9.59 Å². The number of ether oxygens (including phenoxy) is 1. The van der Waals surface area contributed by atoms with Crippen molar-refractivity contribution in [3.63, 3.8) is 0 Å². The topological polar surface area (TPSA) is 58.6 Å². The molecule has 0 radical (unpaired) electrons. The van der Waals surface area contributed by atoms with Gasteiger partial charge in [0, 0.05) is 19.5 Å². The third kappa shape index (κ3) is 3.34. The molecule has 1 aliphatic rings. The van der Waals surface area contributed by atoms with Crippen LogP contribution < -0.4 is 10.2 Å². The number of nitrogens with one attached hydrogen (secondary N) is 1. The van der Waals surface area contributed by atoms with E-state index in [-0.39, 0.29) is 5.91 Å². The van der Waals surface area contributed by atoms with E-state index in [1.54, 1.807) is 12.1 Å². The van der Waals surface area contributed by atoms with Crippen molar-refractivity contribution >= 4 is 23.3 Å². The van der Waals surface area contributed by atoms with Crippen molar-refractivity contribution in [1.82, 2.24) is 0 Å². The van der Waals surface area contributed by atoms with Crippen LogP contribution in [0.3, 0.4) is 0 Å². The summed E-state index contributed by atoms with van der Waals surface area (Å²) in [6.07, 6.45) is 0.412. The lowest BCUT2D eigenvalue weighted by molar-refractivity contribution is -0.115. The lowest BCUT2D eigenvalue weighted by atomic mass is 10.1. The predicted molar refractivity (Wildman–Crippen MR) is 88.5 cm³/mol. The second-order valence-corrected chi connectivity index (χ2v) is 5.43. The first-order chi connectivity index (χ1) is 11.2. The minimum Gasteiger partial charge on any atom is -0.465 e. The summed E-state index contributed by atoms with van der Waals surface area (Å²) < 4.78 is 4.74. The van der Waals surface area contributed by atoms with E-state index in [0.29, 0.717) is 30.8 Å². The number of hydrogen-bond acceptors (Lipinski definition) is 4. The molecule has 1 heterocycles. The van der Waals surface area contributed by atoms with E-state index in [1.165, 1.54) is 12.7 Å². The van der Waals surface area contributed by atoms with Crippen molar-refractivity contribution in [3.8, 4) is 0 Å². The molecule has 5 heteroatoms. The van der Waals surface area contributed by atoms with Crippen molar-refractivity contribution in [2.24, 2.45) is 0 Å². The fourth-order valence-corrected chi connectivity index (χ4v) is 2.69. The minimum absolute atomic E-state index is 0.0520. The van der Waals surface area contributed by atoms with Crippen LogP contribution in [0.2, 0.25) is 0 Å². The number of carbonyl (C=O) groups excluding carboxylic acids is 2. The number of hydrogen-bond donors (Lipinski definition) is 1. The highest BCUT2D eigenvalue weighted by Gasteiger charge is 2.21. The Hall–Kier alpha value is -2.82. The molecule has 1 amide bonds. The van der Waals surface area contributed by atoms with Gasteiger partial charge in [0.25, 0.3) is 0 Å². The van der Waals surface area contributed by atoms with Crippen LogP contribution in [0.1, 0.15) is 22.3 Å². The molecule has 0 aliphatic carbocycles. The highest BCUT2D eigenvalue weighted by Crippen LogP contribution is 2.31. The zero-order chi connectivity index (χ0) is 16.2. The monoisotopic (exact) mass is 310 g/mol. The summed E-state index contributed by atoms with van der Waals surface area (Å²) >= 11 is 0. The van der Waals surface area contributed by atoms with Gasteiger partial charge in [0.1, 0.15) is 0 Å². The Morgan fingerprint density at radius 2 is 2.00 bits per heavy atom. The van der Waals surface area contributed by atoms with E-state index >= 15 is 0 Å². The second kappa shape index (κ2) is 6.52. The Morgan fingerprint density at radius 3 is 2.74 bits per heavy atom. The molecular formula is C18H18N2O3. The Kier molecular flexibility index (Phi) is 4.28.